The van der Waals surface area contributed by atoms with E-state index in [1.807, 2.05) is 13.0 Å². The number of allylic oxidation sites excluding steroid dienone is 5. The average molecular weight is 405 g/mol. The van der Waals surface area contributed by atoms with Crippen molar-refractivity contribution >= 4 is 17.9 Å². The number of carbonyl (C=O) groups excluding carboxylic acids is 3. The molecule has 1 atom stereocenters. The van der Waals surface area contributed by atoms with Crippen molar-refractivity contribution in [3.8, 4) is 0 Å². The highest BCUT2D eigenvalue weighted by atomic mass is 16.6. The molecule has 0 aromatic rings. The van der Waals surface area contributed by atoms with E-state index >= 15 is 0 Å². The van der Waals surface area contributed by atoms with E-state index in [0.29, 0.717) is 13.0 Å². The first-order valence-corrected chi connectivity index (χ1v) is 10.4. The fourth-order valence-corrected chi connectivity index (χ4v) is 4.13. The molecule has 2 rings (SSSR count). The minimum Gasteiger partial charge on any atom is -0.465 e. The molecule has 1 fully saturated rings. The quantitative estimate of drug-likeness (QED) is 0.218. The summed E-state index contributed by atoms with van der Waals surface area (Å²) in [6.07, 6.45) is 10.6. The van der Waals surface area contributed by atoms with E-state index in [0.717, 1.165) is 24.0 Å². The van der Waals surface area contributed by atoms with Crippen molar-refractivity contribution in [1.82, 2.24) is 0 Å². The standard InChI is InChI=1S/C23H32O6/c1-5-27-19(24)14-17-11-9-8-10-12-22(4)16-23(15-18(22)13-17,20(25)28-6-2)21(26)29-7-3/h10,12-14H,5-9,11,15-16H2,1-4H3/b12-10-,17-14+,18-13-. The van der Waals surface area contributed by atoms with Crippen molar-refractivity contribution in [2.24, 2.45) is 10.8 Å². The van der Waals surface area contributed by atoms with Crippen molar-refractivity contribution in [1.29, 1.82) is 0 Å². The summed E-state index contributed by atoms with van der Waals surface area (Å²) in [5.41, 5.74) is -0.104. The second-order valence-corrected chi connectivity index (χ2v) is 7.73. The Balaban J connectivity index is 2.52. The van der Waals surface area contributed by atoms with Gasteiger partial charge in [-0.05, 0) is 58.4 Å². The number of carbonyl (C=O) groups is 3. The summed E-state index contributed by atoms with van der Waals surface area (Å²) < 4.78 is 15.6. The van der Waals surface area contributed by atoms with Gasteiger partial charge in [0.15, 0.2) is 5.41 Å². The van der Waals surface area contributed by atoms with Gasteiger partial charge in [-0.1, -0.05) is 30.7 Å². The Morgan fingerprint density at radius 2 is 1.66 bits per heavy atom. The lowest BCUT2D eigenvalue weighted by atomic mass is 9.79. The molecule has 6 nitrogen and oxygen atoms in total. The van der Waals surface area contributed by atoms with Crippen LogP contribution >= 0.6 is 0 Å². The molecule has 1 saturated carbocycles. The summed E-state index contributed by atoms with van der Waals surface area (Å²) in [6.45, 7) is 7.93. The number of fused-ring (bicyclic) bond motifs is 1. The molecule has 2 aliphatic rings. The fourth-order valence-electron chi connectivity index (χ4n) is 4.13. The minimum absolute atomic E-state index is 0.194. The van der Waals surface area contributed by atoms with Gasteiger partial charge in [0.05, 0.1) is 19.8 Å². The van der Waals surface area contributed by atoms with Crippen LogP contribution in [0.5, 0.6) is 0 Å². The maximum absolute atomic E-state index is 12.9. The van der Waals surface area contributed by atoms with Crippen molar-refractivity contribution in [3.05, 3.63) is 35.5 Å². The zero-order valence-corrected chi connectivity index (χ0v) is 17.9. The van der Waals surface area contributed by atoms with Gasteiger partial charge in [0, 0.05) is 11.5 Å². The summed E-state index contributed by atoms with van der Waals surface area (Å²) >= 11 is 0. The van der Waals surface area contributed by atoms with Crippen LogP contribution in [0.3, 0.4) is 0 Å². The molecule has 0 saturated heterocycles. The minimum atomic E-state index is -1.37. The van der Waals surface area contributed by atoms with Crippen LogP contribution in [0.1, 0.15) is 59.8 Å². The van der Waals surface area contributed by atoms with Crippen LogP contribution < -0.4 is 0 Å². The highest BCUT2D eigenvalue weighted by Crippen LogP contribution is 2.55. The number of rotatable bonds is 6. The monoisotopic (exact) mass is 404 g/mol. The zero-order valence-electron chi connectivity index (χ0n) is 17.9. The lowest BCUT2D eigenvalue weighted by Crippen LogP contribution is -2.40. The van der Waals surface area contributed by atoms with Crippen molar-refractivity contribution in [2.75, 3.05) is 19.8 Å². The zero-order chi connectivity index (χ0) is 21.5. The molecule has 0 amide bonds. The molecule has 1 unspecified atom stereocenters. The highest BCUT2D eigenvalue weighted by Gasteiger charge is 2.59. The second-order valence-electron chi connectivity index (χ2n) is 7.73. The summed E-state index contributed by atoms with van der Waals surface area (Å²) in [6, 6.07) is 0. The van der Waals surface area contributed by atoms with Crippen LogP contribution in [-0.2, 0) is 28.6 Å². The van der Waals surface area contributed by atoms with E-state index in [1.165, 1.54) is 6.08 Å². The summed E-state index contributed by atoms with van der Waals surface area (Å²) in [7, 11) is 0. The first-order chi connectivity index (χ1) is 13.8. The van der Waals surface area contributed by atoms with Gasteiger partial charge in [-0.2, -0.15) is 0 Å². The van der Waals surface area contributed by atoms with Gasteiger partial charge < -0.3 is 14.2 Å². The van der Waals surface area contributed by atoms with Gasteiger partial charge >= 0.3 is 17.9 Å². The average Bonchev–Trinajstić information content (AvgIpc) is 2.98. The predicted molar refractivity (Wildman–Crippen MR) is 109 cm³/mol. The molecule has 0 bridgehead atoms. The Morgan fingerprint density at radius 3 is 2.24 bits per heavy atom. The van der Waals surface area contributed by atoms with E-state index in [9.17, 15) is 14.4 Å². The SMILES string of the molecule is CCOC(=O)/C=C1/C=C2/CC(C(=O)OCC)(C(=O)OCC)CC2(C)/C=C\CCC1. The van der Waals surface area contributed by atoms with Crippen LogP contribution in [0.2, 0.25) is 0 Å². The third-order valence-corrected chi connectivity index (χ3v) is 5.50. The molecule has 0 radical (unpaired) electrons. The largest absolute Gasteiger partial charge is 0.465 e. The lowest BCUT2D eigenvalue weighted by molar-refractivity contribution is -0.172. The van der Waals surface area contributed by atoms with E-state index in [2.05, 4.69) is 12.2 Å². The van der Waals surface area contributed by atoms with E-state index in [1.54, 1.807) is 20.8 Å². The summed E-state index contributed by atoms with van der Waals surface area (Å²) in [5, 5.41) is 0. The van der Waals surface area contributed by atoms with Crippen molar-refractivity contribution in [3.63, 3.8) is 0 Å². The van der Waals surface area contributed by atoms with E-state index < -0.39 is 22.8 Å². The first-order valence-electron chi connectivity index (χ1n) is 10.4. The van der Waals surface area contributed by atoms with Crippen LogP contribution in [0.4, 0.5) is 0 Å². The Morgan fingerprint density at radius 1 is 1.03 bits per heavy atom. The van der Waals surface area contributed by atoms with Gasteiger partial charge in [-0.3, -0.25) is 9.59 Å². The van der Waals surface area contributed by atoms with E-state index in [-0.39, 0.29) is 32.0 Å². The predicted octanol–water partition coefficient (Wildman–Crippen LogP) is 4.06. The number of hydrogen-bond acceptors (Lipinski definition) is 6. The highest BCUT2D eigenvalue weighted by molar-refractivity contribution is 6.01. The smallest absolute Gasteiger partial charge is 0.331 e. The molecule has 0 aromatic carbocycles. The maximum atomic E-state index is 12.9. The third-order valence-electron chi connectivity index (χ3n) is 5.50. The molecule has 160 valence electrons. The molecule has 0 N–H and O–H groups in total. The van der Waals surface area contributed by atoms with Crippen LogP contribution in [0.15, 0.2) is 35.5 Å². The normalized spacial score (nSPS) is 27.4. The lowest BCUT2D eigenvalue weighted by Gasteiger charge is -2.26. The Labute approximate surface area is 173 Å². The van der Waals surface area contributed by atoms with Gasteiger partial charge in [-0.25, -0.2) is 4.79 Å². The summed E-state index contributed by atoms with van der Waals surface area (Å²) in [4.78, 5) is 37.8. The van der Waals surface area contributed by atoms with Crippen LogP contribution in [-0.4, -0.2) is 37.7 Å². The summed E-state index contributed by atoms with van der Waals surface area (Å²) in [5.74, 6) is -1.47. The van der Waals surface area contributed by atoms with Crippen LogP contribution in [0, 0.1) is 10.8 Å². The molecular weight excluding hydrogens is 372 g/mol. The molecule has 0 heterocycles. The molecule has 2 aliphatic carbocycles. The van der Waals surface area contributed by atoms with Gasteiger partial charge in [0.25, 0.3) is 0 Å². The molecule has 0 spiro atoms. The van der Waals surface area contributed by atoms with Gasteiger partial charge in [-0.15, -0.1) is 0 Å². The van der Waals surface area contributed by atoms with Crippen LogP contribution in [0.25, 0.3) is 0 Å². The van der Waals surface area contributed by atoms with Gasteiger partial charge in [0.2, 0.25) is 0 Å². The number of hydrogen-bond donors (Lipinski definition) is 0. The number of esters is 3. The molecule has 0 aromatic heterocycles. The maximum Gasteiger partial charge on any atom is 0.331 e. The van der Waals surface area contributed by atoms with Crippen molar-refractivity contribution < 1.29 is 28.6 Å². The Bertz CT molecular complexity index is 712. The van der Waals surface area contributed by atoms with E-state index in [4.69, 9.17) is 14.2 Å². The van der Waals surface area contributed by atoms with Crippen molar-refractivity contribution in [2.45, 2.75) is 59.8 Å². The topological polar surface area (TPSA) is 78.9 Å². The van der Waals surface area contributed by atoms with Gasteiger partial charge in [0.1, 0.15) is 0 Å². The Hall–Kier alpha value is -2.37. The molecule has 29 heavy (non-hydrogen) atoms. The molecular formula is C23H32O6. The molecule has 0 aliphatic heterocycles. The third kappa shape index (κ3) is 5.17. The second kappa shape index (κ2) is 9.90. The fraction of sp³-hybridized carbons (Fsp3) is 0.609. The molecule has 6 heteroatoms. The number of ether oxygens (including phenoxy) is 3. The first kappa shape index (κ1) is 22.9. The Kier molecular flexibility index (Phi) is 7.82.